The number of urea groups is 1. The third kappa shape index (κ3) is 5.01. The van der Waals surface area contributed by atoms with E-state index in [0.29, 0.717) is 11.7 Å². The van der Waals surface area contributed by atoms with E-state index in [1.54, 1.807) is 6.92 Å². The van der Waals surface area contributed by atoms with Crippen molar-refractivity contribution in [2.75, 3.05) is 26.2 Å². The summed E-state index contributed by atoms with van der Waals surface area (Å²) in [7, 11) is -4.80. The van der Waals surface area contributed by atoms with Gasteiger partial charge in [-0.1, -0.05) is 0 Å². The summed E-state index contributed by atoms with van der Waals surface area (Å²) >= 11 is 0. The molecular weight excluding hydrogens is 344 g/mol. The summed E-state index contributed by atoms with van der Waals surface area (Å²) in [6.07, 6.45) is 2.17. The molecule has 0 aliphatic carbocycles. The van der Waals surface area contributed by atoms with E-state index < -0.39 is 28.4 Å². The molecule has 12 heteroatoms. The van der Waals surface area contributed by atoms with Gasteiger partial charge in [0.2, 0.25) is 0 Å². The Morgan fingerprint density at radius 2 is 2.21 bits per heavy atom. The van der Waals surface area contributed by atoms with Gasteiger partial charge in [0, 0.05) is 12.6 Å². The summed E-state index contributed by atoms with van der Waals surface area (Å²) < 4.78 is 34.3. The van der Waals surface area contributed by atoms with Crippen molar-refractivity contribution >= 4 is 22.3 Å². The van der Waals surface area contributed by atoms with Gasteiger partial charge in [0.15, 0.2) is 0 Å². The van der Waals surface area contributed by atoms with Gasteiger partial charge >= 0.3 is 16.4 Å². The first-order valence-electron chi connectivity index (χ1n) is 7.72. The maximum Gasteiger partial charge on any atom is 0.418 e. The first kappa shape index (κ1) is 18.9. The van der Waals surface area contributed by atoms with Crippen LogP contribution >= 0.6 is 0 Å². The molecule has 2 fully saturated rings. The fourth-order valence-corrected chi connectivity index (χ4v) is 3.12. The molecule has 0 saturated carbocycles. The second-order valence-electron chi connectivity index (χ2n) is 5.55. The van der Waals surface area contributed by atoms with Gasteiger partial charge < -0.3 is 10.2 Å². The van der Waals surface area contributed by atoms with Crippen molar-refractivity contribution in [3.05, 3.63) is 0 Å². The highest BCUT2D eigenvalue weighted by atomic mass is 32.3. The smallest absolute Gasteiger partial charge is 0.312 e. The topological polar surface area (TPSA) is 138 Å². The van der Waals surface area contributed by atoms with Gasteiger partial charge in [-0.2, -0.15) is 13.5 Å². The number of hydrogen-bond acceptors (Lipinski definition) is 7. The van der Waals surface area contributed by atoms with Crippen molar-refractivity contribution < 1.29 is 31.7 Å². The molecule has 2 aliphatic rings. The van der Waals surface area contributed by atoms with E-state index in [1.165, 1.54) is 0 Å². The highest BCUT2D eigenvalue weighted by Gasteiger charge is 2.39. The number of hydrogen-bond donors (Lipinski definition) is 3. The molecule has 3 N–H and O–H groups in total. The van der Waals surface area contributed by atoms with Crippen LogP contribution in [0.1, 0.15) is 26.2 Å². The van der Waals surface area contributed by atoms with Crippen molar-refractivity contribution in [3.63, 3.8) is 0 Å². The van der Waals surface area contributed by atoms with E-state index in [2.05, 4.69) is 15.1 Å². The summed E-state index contributed by atoms with van der Waals surface area (Å²) in [5, 5.41) is 3.73. The lowest BCUT2D eigenvalue weighted by Crippen LogP contribution is -2.59. The molecule has 2 aliphatic heterocycles. The van der Waals surface area contributed by atoms with Crippen LogP contribution in [0.4, 0.5) is 4.79 Å². The molecule has 2 saturated heterocycles. The summed E-state index contributed by atoms with van der Waals surface area (Å²) in [6, 6.07) is -1.43. The Labute approximate surface area is 140 Å². The fourth-order valence-electron chi connectivity index (χ4n) is 2.76. The third-order valence-electron chi connectivity index (χ3n) is 3.89. The second kappa shape index (κ2) is 8.07. The number of likely N-dealkylation sites (N-methyl/N-ethyl adjacent to an activating group) is 1. The minimum Gasteiger partial charge on any atom is -0.312 e. The first-order valence-corrected chi connectivity index (χ1v) is 9.08. The van der Waals surface area contributed by atoms with Crippen molar-refractivity contribution in [1.82, 2.24) is 20.8 Å². The minimum atomic E-state index is -4.80. The predicted octanol–water partition coefficient (Wildman–Crippen LogP) is -0.963. The normalized spacial score (nSPS) is 25.2. The van der Waals surface area contributed by atoms with Crippen molar-refractivity contribution in [1.29, 1.82) is 0 Å². The molecule has 3 amide bonds. The van der Waals surface area contributed by atoms with Crippen molar-refractivity contribution in [3.8, 4) is 0 Å². The lowest BCUT2D eigenvalue weighted by atomic mass is 10.1. The Hall–Kier alpha value is -1.47. The van der Waals surface area contributed by atoms with Crippen molar-refractivity contribution in [2.24, 2.45) is 0 Å². The largest absolute Gasteiger partial charge is 0.418 e. The van der Waals surface area contributed by atoms with Gasteiger partial charge in [0.05, 0.1) is 13.2 Å². The summed E-state index contributed by atoms with van der Waals surface area (Å²) in [4.78, 5) is 30.7. The molecule has 24 heavy (non-hydrogen) atoms. The number of nitrogens with one attached hydrogen (secondary N) is 2. The third-order valence-corrected chi connectivity index (χ3v) is 4.26. The summed E-state index contributed by atoms with van der Waals surface area (Å²) in [5.41, 5.74) is 2.33. The Morgan fingerprint density at radius 1 is 1.46 bits per heavy atom. The van der Waals surface area contributed by atoms with Crippen LogP contribution in [0.3, 0.4) is 0 Å². The highest BCUT2D eigenvalue weighted by Crippen LogP contribution is 2.18. The number of nitrogens with zero attached hydrogens (tertiary/aromatic N) is 2. The van der Waals surface area contributed by atoms with Gasteiger partial charge in [-0.15, -0.1) is 4.28 Å². The highest BCUT2D eigenvalue weighted by molar-refractivity contribution is 7.80. The summed E-state index contributed by atoms with van der Waals surface area (Å²) in [5.74, 6) is -0.491. The van der Waals surface area contributed by atoms with E-state index in [4.69, 9.17) is 9.39 Å². The molecule has 2 heterocycles. The second-order valence-corrected chi connectivity index (χ2v) is 6.55. The lowest BCUT2D eigenvalue weighted by Gasteiger charge is -2.38. The van der Waals surface area contributed by atoms with Crippen LogP contribution in [0.2, 0.25) is 0 Å². The summed E-state index contributed by atoms with van der Waals surface area (Å²) in [6.45, 7) is 2.89. The molecule has 0 bridgehead atoms. The van der Waals surface area contributed by atoms with E-state index in [-0.39, 0.29) is 25.6 Å². The van der Waals surface area contributed by atoms with Crippen LogP contribution in [-0.2, 0) is 24.3 Å². The Morgan fingerprint density at radius 3 is 2.79 bits per heavy atom. The Bertz CT molecular complexity index is 564. The number of carbonyl (C=O) groups is 2. The zero-order valence-electron chi connectivity index (χ0n) is 13.3. The van der Waals surface area contributed by atoms with Gasteiger partial charge in [-0.3, -0.25) is 14.2 Å². The Balaban J connectivity index is 1.87. The molecule has 2 rings (SSSR count). The number of carbonyl (C=O) groups excluding carboxylic acids is 2. The SMILES string of the molecule is CCN1C(=O)N(OS(=O)(=O)O)CC[C@H]1C(=O)NOC[C@H]1CCCN1. The molecule has 0 unspecified atom stereocenters. The monoisotopic (exact) mass is 366 g/mol. The molecular formula is C12H22N4O7S. The fraction of sp³-hybridized carbons (Fsp3) is 0.833. The van der Waals surface area contributed by atoms with Crippen LogP contribution in [0, 0.1) is 0 Å². The molecule has 0 aromatic carbocycles. The molecule has 0 spiro atoms. The molecule has 0 aromatic heterocycles. The number of rotatable bonds is 7. The van der Waals surface area contributed by atoms with E-state index in [9.17, 15) is 18.0 Å². The minimum absolute atomic E-state index is 0.131. The van der Waals surface area contributed by atoms with Crippen LogP contribution < -0.4 is 10.8 Å². The molecule has 0 aromatic rings. The number of hydroxylamine groups is 3. The maximum atomic E-state index is 12.2. The molecule has 0 radical (unpaired) electrons. The van der Waals surface area contributed by atoms with Crippen LogP contribution in [0.5, 0.6) is 0 Å². The van der Waals surface area contributed by atoms with E-state index in [1.807, 2.05) is 0 Å². The van der Waals surface area contributed by atoms with Crippen LogP contribution in [-0.4, -0.2) is 73.2 Å². The zero-order chi connectivity index (χ0) is 17.7. The van der Waals surface area contributed by atoms with Gasteiger partial charge in [0.1, 0.15) is 6.04 Å². The maximum absolute atomic E-state index is 12.2. The van der Waals surface area contributed by atoms with Crippen LogP contribution in [0.15, 0.2) is 0 Å². The van der Waals surface area contributed by atoms with E-state index in [0.717, 1.165) is 24.3 Å². The van der Waals surface area contributed by atoms with Gasteiger partial charge in [-0.25, -0.2) is 10.3 Å². The average molecular weight is 366 g/mol. The Kier molecular flexibility index (Phi) is 6.34. The standard InChI is InChI=1S/C12H22N4O7S/c1-2-15-10(5-7-16(12(15)18)23-24(19,20)21)11(17)14-22-8-9-4-3-6-13-9/h9-10,13H,2-8H2,1H3,(H,14,17)(H,19,20,21)/t9-,10+/m1/s1. The zero-order valence-corrected chi connectivity index (χ0v) is 14.1. The number of amides is 3. The first-order chi connectivity index (χ1) is 11.3. The van der Waals surface area contributed by atoms with Gasteiger partial charge in [-0.05, 0) is 32.7 Å². The molecule has 2 atom stereocenters. The average Bonchev–Trinajstić information content (AvgIpc) is 3.01. The van der Waals surface area contributed by atoms with Crippen LogP contribution in [0.25, 0.3) is 0 Å². The predicted molar refractivity (Wildman–Crippen MR) is 80.6 cm³/mol. The lowest BCUT2D eigenvalue weighted by molar-refractivity contribution is -0.142. The van der Waals surface area contributed by atoms with Gasteiger partial charge in [0.25, 0.3) is 5.91 Å². The molecule has 11 nitrogen and oxygen atoms in total. The van der Waals surface area contributed by atoms with E-state index >= 15 is 0 Å². The quantitative estimate of drug-likeness (QED) is 0.387. The molecule has 138 valence electrons. The van der Waals surface area contributed by atoms with Crippen molar-refractivity contribution in [2.45, 2.75) is 38.3 Å².